The van der Waals surface area contributed by atoms with Crippen LogP contribution >= 0.6 is 0 Å². The maximum atomic E-state index is 11.6. The first-order valence-electron chi connectivity index (χ1n) is 7.51. The van der Waals surface area contributed by atoms with E-state index in [0.29, 0.717) is 18.9 Å². The molecule has 1 aliphatic heterocycles. The first-order valence-corrected chi connectivity index (χ1v) is 7.51. The first-order chi connectivity index (χ1) is 9.25. The lowest BCUT2D eigenvalue weighted by atomic mass is 10.00. The van der Waals surface area contributed by atoms with E-state index >= 15 is 0 Å². The second-order valence-electron chi connectivity index (χ2n) is 5.69. The molecule has 19 heavy (non-hydrogen) atoms. The Morgan fingerprint density at radius 2 is 2.00 bits per heavy atom. The topological polar surface area (TPSA) is 70.2 Å². The van der Waals surface area contributed by atoms with Gasteiger partial charge in [0.1, 0.15) is 0 Å². The highest BCUT2D eigenvalue weighted by atomic mass is 16.2. The molecule has 0 aromatic rings. The van der Waals surface area contributed by atoms with Crippen molar-refractivity contribution in [2.75, 3.05) is 26.2 Å². The van der Waals surface area contributed by atoms with Crippen molar-refractivity contribution < 1.29 is 9.59 Å². The van der Waals surface area contributed by atoms with Crippen LogP contribution in [-0.2, 0) is 9.59 Å². The monoisotopic (exact) mass is 267 g/mol. The van der Waals surface area contributed by atoms with Crippen molar-refractivity contribution in [3.05, 3.63) is 0 Å². The van der Waals surface area contributed by atoms with E-state index in [-0.39, 0.29) is 17.7 Å². The van der Waals surface area contributed by atoms with Crippen LogP contribution in [-0.4, -0.2) is 38.0 Å². The lowest BCUT2D eigenvalue weighted by molar-refractivity contribution is -0.123. The maximum Gasteiger partial charge on any atom is 0.223 e. The molecule has 5 heteroatoms. The van der Waals surface area contributed by atoms with Gasteiger partial charge in [-0.05, 0) is 51.1 Å². The van der Waals surface area contributed by atoms with Crippen molar-refractivity contribution in [1.82, 2.24) is 16.0 Å². The fourth-order valence-electron chi connectivity index (χ4n) is 2.40. The van der Waals surface area contributed by atoms with E-state index in [1.807, 2.05) is 0 Å². The third-order valence-electron chi connectivity index (χ3n) is 3.81. The number of piperidine rings is 1. The Kier molecular flexibility index (Phi) is 5.63. The molecule has 1 saturated heterocycles. The molecule has 1 aliphatic carbocycles. The molecule has 0 aromatic carbocycles. The Hall–Kier alpha value is -1.10. The smallest absolute Gasteiger partial charge is 0.223 e. The highest BCUT2D eigenvalue weighted by Gasteiger charge is 2.28. The van der Waals surface area contributed by atoms with Crippen LogP contribution in [0.15, 0.2) is 0 Å². The molecule has 0 radical (unpaired) electrons. The number of nitrogens with one attached hydrogen (secondary N) is 3. The summed E-state index contributed by atoms with van der Waals surface area (Å²) < 4.78 is 0. The van der Waals surface area contributed by atoms with Gasteiger partial charge in [0.25, 0.3) is 0 Å². The number of hydrogen-bond donors (Lipinski definition) is 3. The second kappa shape index (κ2) is 7.48. The highest BCUT2D eigenvalue weighted by Crippen LogP contribution is 2.28. The third-order valence-corrected chi connectivity index (χ3v) is 3.81. The molecule has 1 unspecified atom stereocenters. The molecular formula is C14H25N3O2. The second-order valence-corrected chi connectivity index (χ2v) is 5.69. The number of carbonyl (C=O) groups is 2. The standard InChI is InChI=1S/C14H25N3O2/c18-13(17-10-11-3-1-7-15-9-11)4-2-8-16-14(19)12-5-6-12/h11-12,15H,1-10H2,(H,16,19)(H,17,18). The minimum absolute atomic E-state index is 0.103. The van der Waals surface area contributed by atoms with E-state index in [4.69, 9.17) is 0 Å². The van der Waals surface area contributed by atoms with Gasteiger partial charge in [-0.1, -0.05) is 0 Å². The fraction of sp³-hybridized carbons (Fsp3) is 0.857. The van der Waals surface area contributed by atoms with Crippen molar-refractivity contribution in [3.8, 4) is 0 Å². The summed E-state index contributed by atoms with van der Waals surface area (Å²) in [4.78, 5) is 23.0. The number of rotatable bonds is 7. The van der Waals surface area contributed by atoms with Gasteiger partial charge in [0.2, 0.25) is 11.8 Å². The summed E-state index contributed by atoms with van der Waals surface area (Å²) in [5, 5.41) is 9.20. The number of amides is 2. The van der Waals surface area contributed by atoms with Gasteiger partial charge in [0, 0.05) is 25.4 Å². The molecule has 1 heterocycles. The highest BCUT2D eigenvalue weighted by molar-refractivity contribution is 5.81. The van der Waals surface area contributed by atoms with Gasteiger partial charge in [-0.2, -0.15) is 0 Å². The molecule has 2 fully saturated rings. The summed E-state index contributed by atoms with van der Waals surface area (Å²) in [6, 6.07) is 0. The molecule has 1 atom stereocenters. The summed E-state index contributed by atoms with van der Waals surface area (Å²) in [5.74, 6) is 1.10. The van der Waals surface area contributed by atoms with Gasteiger partial charge in [-0.25, -0.2) is 0 Å². The van der Waals surface area contributed by atoms with Gasteiger partial charge in [-0.3, -0.25) is 9.59 Å². The van der Waals surface area contributed by atoms with Crippen LogP contribution in [0.5, 0.6) is 0 Å². The Balaban J connectivity index is 1.45. The predicted molar refractivity (Wildman–Crippen MR) is 73.6 cm³/mol. The third kappa shape index (κ3) is 5.59. The van der Waals surface area contributed by atoms with E-state index in [1.54, 1.807) is 0 Å². The zero-order chi connectivity index (χ0) is 13.5. The molecule has 2 amide bonds. The average molecular weight is 267 g/mol. The van der Waals surface area contributed by atoms with Crippen molar-refractivity contribution in [2.45, 2.75) is 38.5 Å². The van der Waals surface area contributed by atoms with Crippen LogP contribution in [0.2, 0.25) is 0 Å². The largest absolute Gasteiger partial charge is 0.356 e. The SMILES string of the molecule is O=C(CCCNC(=O)C1CC1)NCC1CCCNC1. The molecule has 0 aromatic heterocycles. The van der Waals surface area contributed by atoms with E-state index in [9.17, 15) is 9.59 Å². The van der Waals surface area contributed by atoms with Crippen molar-refractivity contribution in [3.63, 3.8) is 0 Å². The van der Waals surface area contributed by atoms with Crippen molar-refractivity contribution >= 4 is 11.8 Å². The van der Waals surface area contributed by atoms with Crippen LogP contribution in [0.1, 0.15) is 38.5 Å². The molecule has 0 bridgehead atoms. The van der Waals surface area contributed by atoms with Crippen LogP contribution in [0.4, 0.5) is 0 Å². The van der Waals surface area contributed by atoms with Crippen molar-refractivity contribution in [2.24, 2.45) is 11.8 Å². The Bertz CT molecular complexity index is 310. The molecule has 1 saturated carbocycles. The van der Waals surface area contributed by atoms with Crippen LogP contribution in [0, 0.1) is 11.8 Å². The van der Waals surface area contributed by atoms with Gasteiger partial charge in [0.05, 0.1) is 0 Å². The molecule has 5 nitrogen and oxygen atoms in total. The molecule has 3 N–H and O–H groups in total. The van der Waals surface area contributed by atoms with Crippen LogP contribution in [0.25, 0.3) is 0 Å². The van der Waals surface area contributed by atoms with Crippen LogP contribution < -0.4 is 16.0 Å². The summed E-state index contributed by atoms with van der Waals surface area (Å²) in [6.07, 6.45) is 5.69. The summed E-state index contributed by atoms with van der Waals surface area (Å²) in [6.45, 7) is 3.51. The normalized spacial score (nSPS) is 22.8. The van der Waals surface area contributed by atoms with E-state index in [2.05, 4.69) is 16.0 Å². The average Bonchev–Trinajstić information content (AvgIpc) is 3.27. The Morgan fingerprint density at radius 3 is 2.68 bits per heavy atom. The van der Waals surface area contributed by atoms with Crippen molar-refractivity contribution in [1.29, 1.82) is 0 Å². The van der Waals surface area contributed by atoms with Gasteiger partial charge in [-0.15, -0.1) is 0 Å². The number of carbonyl (C=O) groups excluding carboxylic acids is 2. The Labute approximate surface area is 114 Å². The maximum absolute atomic E-state index is 11.6. The molecular weight excluding hydrogens is 242 g/mol. The quantitative estimate of drug-likeness (QED) is 0.585. The lowest BCUT2D eigenvalue weighted by Crippen LogP contribution is -2.38. The van der Waals surface area contributed by atoms with E-state index in [0.717, 1.165) is 38.9 Å². The van der Waals surface area contributed by atoms with Gasteiger partial charge >= 0.3 is 0 Å². The lowest BCUT2D eigenvalue weighted by Gasteiger charge is -2.22. The summed E-state index contributed by atoms with van der Waals surface area (Å²) in [7, 11) is 0. The van der Waals surface area contributed by atoms with E-state index < -0.39 is 0 Å². The zero-order valence-corrected chi connectivity index (χ0v) is 11.5. The molecule has 0 spiro atoms. The molecule has 2 rings (SSSR count). The predicted octanol–water partition coefficient (Wildman–Crippen LogP) is 0.409. The minimum Gasteiger partial charge on any atom is -0.356 e. The molecule has 2 aliphatic rings. The zero-order valence-electron chi connectivity index (χ0n) is 11.5. The van der Waals surface area contributed by atoms with Gasteiger partial charge in [0.15, 0.2) is 0 Å². The minimum atomic E-state index is 0.103. The summed E-state index contributed by atoms with van der Waals surface area (Å²) in [5.41, 5.74) is 0. The molecule has 108 valence electrons. The Morgan fingerprint density at radius 1 is 1.16 bits per heavy atom. The van der Waals surface area contributed by atoms with Crippen LogP contribution in [0.3, 0.4) is 0 Å². The fourth-order valence-corrected chi connectivity index (χ4v) is 2.40. The van der Waals surface area contributed by atoms with E-state index in [1.165, 1.54) is 12.8 Å². The first kappa shape index (κ1) is 14.3. The van der Waals surface area contributed by atoms with Gasteiger partial charge < -0.3 is 16.0 Å². The summed E-state index contributed by atoms with van der Waals surface area (Å²) >= 11 is 0. The number of hydrogen-bond acceptors (Lipinski definition) is 3.